The number of ether oxygens (including phenoxy) is 1. The molecule has 0 amide bonds. The lowest BCUT2D eigenvalue weighted by Gasteiger charge is -2.38. The molecule has 1 aliphatic heterocycles. The normalized spacial score (nSPS) is 21.6. The molecule has 0 aromatic carbocycles. The Morgan fingerprint density at radius 1 is 1.44 bits per heavy atom. The topological polar surface area (TPSA) is 25.4 Å². The van der Waals surface area contributed by atoms with Crippen LogP contribution >= 0.6 is 11.8 Å². The van der Waals surface area contributed by atoms with Gasteiger partial charge in [-0.05, 0) is 82.4 Å². The van der Waals surface area contributed by atoms with Gasteiger partial charge < -0.3 is 4.74 Å². The van der Waals surface area contributed by atoms with Gasteiger partial charge in [0.2, 0.25) is 0 Å². The van der Waals surface area contributed by atoms with Crippen molar-refractivity contribution in [3.63, 3.8) is 0 Å². The van der Waals surface area contributed by atoms with Crippen molar-refractivity contribution in [2.24, 2.45) is 5.41 Å². The van der Waals surface area contributed by atoms with Gasteiger partial charge in [-0.3, -0.25) is 9.88 Å². The molecule has 1 atom stereocenters. The SMILES string of the molecule is C=C/C(=C\SC)CC[C@@]1(COCC)CCN(C(C)(C)c2ccc(C)nc2)C1. The lowest BCUT2D eigenvalue weighted by atomic mass is 9.81. The largest absolute Gasteiger partial charge is 0.381 e. The molecule has 0 saturated carbocycles. The van der Waals surface area contributed by atoms with Gasteiger partial charge in [-0.1, -0.05) is 18.7 Å². The predicted octanol–water partition coefficient (Wildman–Crippen LogP) is 5.57. The van der Waals surface area contributed by atoms with Crippen LogP contribution in [0.3, 0.4) is 0 Å². The molecule has 1 aliphatic rings. The summed E-state index contributed by atoms with van der Waals surface area (Å²) in [6.07, 6.45) is 9.53. The molecule has 2 rings (SSSR count). The van der Waals surface area contributed by atoms with Crippen LogP contribution in [-0.4, -0.2) is 42.4 Å². The van der Waals surface area contributed by atoms with Crippen molar-refractivity contribution in [2.45, 2.75) is 52.5 Å². The molecule has 0 spiro atoms. The first-order valence-corrected chi connectivity index (χ1v) is 11.3. The van der Waals surface area contributed by atoms with E-state index in [9.17, 15) is 0 Å². The van der Waals surface area contributed by atoms with Crippen LogP contribution in [0.15, 0.2) is 42.0 Å². The highest BCUT2D eigenvalue weighted by atomic mass is 32.2. The number of nitrogens with zero attached hydrogens (tertiary/aromatic N) is 2. The van der Waals surface area contributed by atoms with Gasteiger partial charge in [0.15, 0.2) is 0 Å². The van der Waals surface area contributed by atoms with Gasteiger partial charge in [0, 0.05) is 36.0 Å². The number of hydrogen-bond acceptors (Lipinski definition) is 4. The summed E-state index contributed by atoms with van der Waals surface area (Å²) in [5, 5.41) is 2.22. The van der Waals surface area contributed by atoms with Crippen molar-refractivity contribution < 1.29 is 4.74 Å². The average Bonchev–Trinajstić information content (AvgIpc) is 3.09. The Morgan fingerprint density at radius 2 is 2.22 bits per heavy atom. The quantitative estimate of drug-likeness (QED) is 0.490. The summed E-state index contributed by atoms with van der Waals surface area (Å²) in [5.41, 5.74) is 3.88. The third-order valence-corrected chi connectivity index (χ3v) is 6.47. The molecule has 4 heteroatoms. The van der Waals surface area contributed by atoms with Crippen LogP contribution in [0.5, 0.6) is 0 Å². The number of likely N-dealkylation sites (tertiary alicyclic amines) is 1. The smallest absolute Gasteiger partial charge is 0.0535 e. The summed E-state index contributed by atoms with van der Waals surface area (Å²) in [5.74, 6) is 0. The molecule has 0 radical (unpaired) electrons. The highest BCUT2D eigenvalue weighted by Crippen LogP contribution is 2.42. The van der Waals surface area contributed by atoms with E-state index in [1.165, 1.54) is 17.6 Å². The number of aryl methyl sites for hydroxylation is 1. The molecule has 1 saturated heterocycles. The summed E-state index contributed by atoms with van der Waals surface area (Å²) < 4.78 is 5.94. The molecule has 1 aromatic heterocycles. The zero-order valence-corrected chi connectivity index (χ0v) is 18.6. The Labute approximate surface area is 170 Å². The average molecular weight is 389 g/mol. The van der Waals surface area contributed by atoms with Gasteiger partial charge >= 0.3 is 0 Å². The maximum absolute atomic E-state index is 5.94. The van der Waals surface area contributed by atoms with Gasteiger partial charge in [-0.2, -0.15) is 0 Å². The highest BCUT2D eigenvalue weighted by molar-refractivity contribution is 8.01. The highest BCUT2D eigenvalue weighted by Gasteiger charge is 2.43. The summed E-state index contributed by atoms with van der Waals surface area (Å²) in [6.45, 7) is 16.5. The van der Waals surface area contributed by atoms with Crippen LogP contribution in [0.25, 0.3) is 0 Å². The summed E-state index contributed by atoms with van der Waals surface area (Å²) in [4.78, 5) is 7.14. The monoisotopic (exact) mass is 388 g/mol. The standard InChI is InChI=1S/C23H36N2OS/c1-7-20(16-27-6)11-12-23(18-26-8-2)13-14-25(17-23)22(4,5)21-10-9-19(3)24-15-21/h7,9-10,15-16H,1,8,11-14,17-18H2,2-6H3/b20-16+/t23-/m1/s1. The summed E-state index contributed by atoms with van der Waals surface area (Å²) in [6, 6.07) is 4.34. The van der Waals surface area contributed by atoms with Crippen LogP contribution in [0.1, 0.15) is 51.3 Å². The molecule has 0 aliphatic carbocycles. The van der Waals surface area contributed by atoms with Crippen LogP contribution in [-0.2, 0) is 10.3 Å². The lowest BCUT2D eigenvalue weighted by molar-refractivity contribution is 0.0386. The van der Waals surface area contributed by atoms with Crippen molar-refractivity contribution in [1.29, 1.82) is 0 Å². The van der Waals surface area contributed by atoms with E-state index in [4.69, 9.17) is 4.74 Å². The van der Waals surface area contributed by atoms with Crippen molar-refractivity contribution in [3.8, 4) is 0 Å². The van der Waals surface area contributed by atoms with Crippen LogP contribution in [0.2, 0.25) is 0 Å². The predicted molar refractivity (Wildman–Crippen MR) is 118 cm³/mol. The Bertz CT molecular complexity index is 638. The Balaban J connectivity index is 2.15. The Kier molecular flexibility index (Phi) is 8.14. The number of pyridine rings is 1. The molecule has 1 aromatic rings. The van der Waals surface area contributed by atoms with Gasteiger partial charge in [0.1, 0.15) is 0 Å². The van der Waals surface area contributed by atoms with Crippen LogP contribution < -0.4 is 0 Å². The molecule has 0 unspecified atom stereocenters. The Morgan fingerprint density at radius 3 is 2.81 bits per heavy atom. The van der Waals surface area contributed by atoms with E-state index < -0.39 is 0 Å². The van der Waals surface area contributed by atoms with E-state index in [0.29, 0.717) is 0 Å². The molecule has 27 heavy (non-hydrogen) atoms. The van der Waals surface area contributed by atoms with Crippen molar-refractivity contribution in [2.75, 3.05) is 32.6 Å². The second-order valence-electron chi connectivity index (χ2n) is 8.19. The van der Waals surface area contributed by atoms with Crippen LogP contribution in [0.4, 0.5) is 0 Å². The maximum atomic E-state index is 5.94. The summed E-state index contributed by atoms with van der Waals surface area (Å²) >= 11 is 1.75. The Hall–Kier alpha value is -1.10. The van der Waals surface area contributed by atoms with E-state index in [-0.39, 0.29) is 11.0 Å². The van der Waals surface area contributed by atoms with Crippen molar-refractivity contribution in [1.82, 2.24) is 9.88 Å². The van der Waals surface area contributed by atoms with E-state index >= 15 is 0 Å². The number of hydrogen-bond donors (Lipinski definition) is 0. The fraction of sp³-hybridized carbons (Fsp3) is 0.609. The molecule has 0 bridgehead atoms. The molecule has 3 nitrogen and oxygen atoms in total. The van der Waals surface area contributed by atoms with Gasteiger partial charge in [-0.25, -0.2) is 0 Å². The van der Waals surface area contributed by atoms with E-state index in [0.717, 1.165) is 44.8 Å². The lowest BCUT2D eigenvalue weighted by Crippen LogP contribution is -2.42. The first kappa shape index (κ1) is 22.2. The number of rotatable bonds is 10. The maximum Gasteiger partial charge on any atom is 0.0535 e. The molecular formula is C23H36N2OS. The molecule has 150 valence electrons. The van der Waals surface area contributed by atoms with Gasteiger partial charge in [0.25, 0.3) is 0 Å². The van der Waals surface area contributed by atoms with Gasteiger partial charge in [0.05, 0.1) is 6.61 Å². The third kappa shape index (κ3) is 5.69. The van der Waals surface area contributed by atoms with Crippen molar-refractivity contribution in [3.05, 3.63) is 53.2 Å². The number of thioether (sulfide) groups is 1. The minimum absolute atomic E-state index is 0.0228. The second-order valence-corrected chi connectivity index (χ2v) is 8.90. The zero-order chi connectivity index (χ0) is 19.9. The molecule has 0 N–H and O–H groups in total. The minimum Gasteiger partial charge on any atom is -0.381 e. The first-order valence-electron chi connectivity index (χ1n) is 9.97. The third-order valence-electron chi connectivity index (χ3n) is 5.93. The van der Waals surface area contributed by atoms with Gasteiger partial charge in [-0.15, -0.1) is 11.8 Å². The molecule has 1 fully saturated rings. The second kappa shape index (κ2) is 9.90. The van der Waals surface area contributed by atoms with Crippen molar-refractivity contribution >= 4 is 11.8 Å². The number of aromatic nitrogens is 1. The fourth-order valence-corrected chi connectivity index (χ4v) is 4.42. The van der Waals surface area contributed by atoms with E-state index in [1.54, 1.807) is 11.8 Å². The fourth-order valence-electron chi connectivity index (χ4n) is 3.91. The van der Waals surface area contributed by atoms with E-state index in [2.05, 4.69) is 61.0 Å². The first-order chi connectivity index (χ1) is 12.9. The summed E-state index contributed by atoms with van der Waals surface area (Å²) in [7, 11) is 0. The molecule has 2 heterocycles. The van der Waals surface area contributed by atoms with Crippen LogP contribution in [0, 0.1) is 12.3 Å². The minimum atomic E-state index is -0.0228. The van der Waals surface area contributed by atoms with E-state index in [1.807, 2.05) is 19.2 Å². The molecular weight excluding hydrogens is 352 g/mol. The zero-order valence-electron chi connectivity index (χ0n) is 17.8. The number of allylic oxidation sites excluding steroid dienone is 2.